The fraction of sp³-hybridized carbons (Fsp3) is 0.429. The molecule has 118 valence electrons. The van der Waals surface area contributed by atoms with Crippen molar-refractivity contribution in [2.45, 2.75) is 37.6 Å². The second kappa shape index (κ2) is 4.89. The van der Waals surface area contributed by atoms with Crippen LogP contribution in [-0.2, 0) is 11.3 Å². The summed E-state index contributed by atoms with van der Waals surface area (Å²) in [5.74, 6) is -1.13. The third-order valence-electron chi connectivity index (χ3n) is 4.15. The van der Waals surface area contributed by atoms with E-state index in [1.165, 1.54) is 4.90 Å². The molecule has 1 saturated heterocycles. The summed E-state index contributed by atoms with van der Waals surface area (Å²) >= 11 is 0. The Labute approximate surface area is 124 Å². The van der Waals surface area contributed by atoms with Crippen LogP contribution < -0.4 is 11.1 Å². The maximum absolute atomic E-state index is 13.2. The lowest BCUT2D eigenvalue weighted by Crippen LogP contribution is -2.61. The fourth-order valence-corrected chi connectivity index (χ4v) is 3.07. The third-order valence-corrected chi connectivity index (χ3v) is 4.15. The number of hydrogen-bond acceptors (Lipinski definition) is 3. The molecule has 2 aliphatic rings. The van der Waals surface area contributed by atoms with E-state index in [9.17, 15) is 22.8 Å². The van der Waals surface area contributed by atoms with Crippen LogP contribution in [0.3, 0.4) is 0 Å². The van der Waals surface area contributed by atoms with Gasteiger partial charge in [-0.05, 0) is 18.6 Å². The number of rotatable bonds is 1. The summed E-state index contributed by atoms with van der Waals surface area (Å²) in [5, 5.41) is 1.96. The number of benzene rings is 1. The molecule has 8 heteroatoms. The maximum atomic E-state index is 13.2. The Balaban J connectivity index is 1.93. The van der Waals surface area contributed by atoms with Crippen LogP contribution in [0.5, 0.6) is 0 Å². The first-order valence-corrected chi connectivity index (χ1v) is 6.83. The molecule has 2 amide bonds. The molecule has 0 saturated carbocycles. The van der Waals surface area contributed by atoms with Gasteiger partial charge in [-0.3, -0.25) is 9.59 Å². The Bertz CT molecular complexity index is 645. The van der Waals surface area contributed by atoms with Crippen molar-refractivity contribution >= 4 is 17.5 Å². The van der Waals surface area contributed by atoms with E-state index in [-0.39, 0.29) is 19.4 Å². The van der Waals surface area contributed by atoms with Crippen molar-refractivity contribution in [3.8, 4) is 0 Å². The van der Waals surface area contributed by atoms with Gasteiger partial charge in [0.05, 0.1) is 6.04 Å². The molecule has 1 aromatic carbocycles. The summed E-state index contributed by atoms with van der Waals surface area (Å²) in [5.41, 5.74) is 7.06. The van der Waals surface area contributed by atoms with Gasteiger partial charge in [0, 0.05) is 29.8 Å². The molecule has 0 aliphatic carbocycles. The Morgan fingerprint density at radius 3 is 2.64 bits per heavy atom. The largest absolute Gasteiger partial charge is 0.410 e. The summed E-state index contributed by atoms with van der Waals surface area (Å²) in [4.78, 5) is 24.9. The van der Waals surface area contributed by atoms with Crippen molar-refractivity contribution < 1.29 is 22.8 Å². The van der Waals surface area contributed by atoms with Crippen LogP contribution in [0.4, 0.5) is 18.9 Å². The van der Waals surface area contributed by atoms with Crippen LogP contribution in [0.2, 0.25) is 0 Å². The molecular formula is C14H14F3N3O2. The maximum Gasteiger partial charge on any atom is 0.410 e. The van der Waals surface area contributed by atoms with Gasteiger partial charge in [0.1, 0.15) is 6.04 Å². The van der Waals surface area contributed by atoms with E-state index in [4.69, 9.17) is 5.73 Å². The molecular weight excluding hydrogens is 299 g/mol. The molecule has 22 heavy (non-hydrogen) atoms. The third kappa shape index (κ3) is 2.28. The molecule has 0 aromatic heterocycles. The number of carbonyl (C=O) groups excluding carboxylic acids is 2. The van der Waals surface area contributed by atoms with Gasteiger partial charge in [0.15, 0.2) is 0 Å². The van der Waals surface area contributed by atoms with E-state index in [2.05, 4.69) is 0 Å². The highest BCUT2D eigenvalue weighted by atomic mass is 19.4. The van der Waals surface area contributed by atoms with E-state index < -0.39 is 30.1 Å². The predicted molar refractivity (Wildman–Crippen MR) is 71.7 cm³/mol. The molecule has 0 bridgehead atoms. The number of amides is 2. The summed E-state index contributed by atoms with van der Waals surface area (Å²) in [6, 6.07) is 1.60. The van der Waals surface area contributed by atoms with Crippen molar-refractivity contribution in [3.05, 3.63) is 29.3 Å². The number of nitrogen functional groups attached to an aromatic ring is 1. The van der Waals surface area contributed by atoms with E-state index >= 15 is 0 Å². The Kier molecular flexibility index (Phi) is 3.26. The van der Waals surface area contributed by atoms with Gasteiger partial charge in [-0.1, -0.05) is 6.07 Å². The second-order valence-corrected chi connectivity index (χ2v) is 5.50. The zero-order chi connectivity index (χ0) is 16.1. The first-order chi connectivity index (χ1) is 10.3. The average Bonchev–Trinajstić information content (AvgIpc) is 2.77. The standard InChI is InChI=1S/C14H14F3N3O2/c15-14(16,17)12-10(4-5-11(21)19-12)20-6-8-7(13(20)22)2-1-3-9(8)18/h1-3,10,12H,4-6,18H2,(H,19,21). The molecule has 5 nitrogen and oxygen atoms in total. The monoisotopic (exact) mass is 313 g/mol. The second-order valence-electron chi connectivity index (χ2n) is 5.50. The minimum Gasteiger partial charge on any atom is -0.398 e. The van der Waals surface area contributed by atoms with Crippen LogP contribution in [0.15, 0.2) is 18.2 Å². The van der Waals surface area contributed by atoms with Crippen molar-refractivity contribution in [3.63, 3.8) is 0 Å². The number of alkyl halides is 3. The molecule has 0 radical (unpaired) electrons. The first-order valence-electron chi connectivity index (χ1n) is 6.83. The predicted octanol–water partition coefficient (Wildman–Crippen LogP) is 1.43. The summed E-state index contributed by atoms with van der Waals surface area (Å²) in [6.45, 7) is 0.0357. The minimum absolute atomic E-state index is 0.0182. The number of piperidine rings is 1. The summed E-state index contributed by atoms with van der Waals surface area (Å²) in [6.07, 6.45) is -4.66. The van der Waals surface area contributed by atoms with Crippen LogP contribution in [-0.4, -0.2) is 35.0 Å². The number of hydrogen-bond donors (Lipinski definition) is 2. The SMILES string of the molecule is Nc1cccc2c1CN(C1CCC(=O)NC1C(F)(F)F)C2=O. The Hall–Kier alpha value is -2.25. The van der Waals surface area contributed by atoms with Gasteiger partial charge >= 0.3 is 6.18 Å². The van der Waals surface area contributed by atoms with Crippen LogP contribution in [0.1, 0.15) is 28.8 Å². The van der Waals surface area contributed by atoms with Crippen LogP contribution in [0.25, 0.3) is 0 Å². The van der Waals surface area contributed by atoms with E-state index in [1.807, 2.05) is 5.32 Å². The van der Waals surface area contributed by atoms with Gasteiger partial charge in [-0.15, -0.1) is 0 Å². The number of nitrogens with two attached hydrogens (primary N) is 1. The van der Waals surface area contributed by atoms with Crippen LogP contribution in [0, 0.1) is 0 Å². The van der Waals surface area contributed by atoms with E-state index in [0.29, 0.717) is 16.8 Å². The lowest BCUT2D eigenvalue weighted by atomic mass is 9.96. The van der Waals surface area contributed by atoms with Gasteiger partial charge in [0.25, 0.3) is 5.91 Å². The van der Waals surface area contributed by atoms with Crippen LogP contribution >= 0.6 is 0 Å². The van der Waals surface area contributed by atoms with Crippen molar-refractivity contribution in [2.75, 3.05) is 5.73 Å². The lowest BCUT2D eigenvalue weighted by molar-refractivity contribution is -0.178. The molecule has 3 rings (SSSR count). The summed E-state index contributed by atoms with van der Waals surface area (Å²) < 4.78 is 39.5. The van der Waals surface area contributed by atoms with Crippen molar-refractivity contribution in [1.29, 1.82) is 0 Å². The number of fused-ring (bicyclic) bond motifs is 1. The number of carbonyl (C=O) groups is 2. The fourth-order valence-electron chi connectivity index (χ4n) is 3.07. The minimum atomic E-state index is -4.61. The Morgan fingerprint density at radius 1 is 1.27 bits per heavy atom. The highest BCUT2D eigenvalue weighted by molar-refractivity contribution is 6.00. The topological polar surface area (TPSA) is 75.4 Å². The van der Waals surface area contributed by atoms with Gasteiger partial charge in [-0.2, -0.15) is 13.2 Å². The Morgan fingerprint density at radius 2 is 2.00 bits per heavy atom. The number of nitrogens with zero attached hydrogens (tertiary/aromatic N) is 1. The average molecular weight is 313 g/mol. The molecule has 2 aliphatic heterocycles. The normalized spacial score (nSPS) is 25.1. The summed E-state index contributed by atoms with van der Waals surface area (Å²) in [7, 11) is 0. The molecule has 2 heterocycles. The molecule has 2 unspecified atom stereocenters. The zero-order valence-electron chi connectivity index (χ0n) is 11.5. The zero-order valence-corrected chi connectivity index (χ0v) is 11.5. The number of nitrogens with one attached hydrogen (secondary N) is 1. The highest BCUT2D eigenvalue weighted by Gasteiger charge is 2.51. The lowest BCUT2D eigenvalue weighted by Gasteiger charge is -2.38. The molecule has 1 fully saturated rings. The molecule has 1 aromatic rings. The van der Waals surface area contributed by atoms with Crippen molar-refractivity contribution in [2.24, 2.45) is 0 Å². The smallest absolute Gasteiger partial charge is 0.398 e. The molecule has 0 spiro atoms. The molecule has 3 N–H and O–H groups in total. The van der Waals surface area contributed by atoms with E-state index in [1.54, 1.807) is 18.2 Å². The number of anilines is 1. The van der Waals surface area contributed by atoms with Gasteiger partial charge in [-0.25, -0.2) is 0 Å². The quantitative estimate of drug-likeness (QED) is 0.770. The van der Waals surface area contributed by atoms with Crippen molar-refractivity contribution in [1.82, 2.24) is 10.2 Å². The first kappa shape index (κ1) is 14.7. The van der Waals surface area contributed by atoms with E-state index in [0.717, 1.165) is 0 Å². The van der Waals surface area contributed by atoms with Gasteiger partial charge in [0.2, 0.25) is 5.91 Å². The number of halogens is 3. The van der Waals surface area contributed by atoms with Gasteiger partial charge < -0.3 is 16.0 Å². The molecule has 2 atom stereocenters. The highest BCUT2D eigenvalue weighted by Crippen LogP contribution is 2.35.